The molecule has 1 aliphatic rings. The molecule has 1 aliphatic heterocycles. The first-order chi connectivity index (χ1) is 14.6. The standard InChI is InChI=1S/C23H22O8/c1-11-21(29-14(4)25)12(2)23-20(22(11)30-15(5)26)18(27)10-19(31-23)16-6-8-17(9-7-16)28-13(3)24/h6-9,19H,10H2,1-5H3/t19-/m0/s1. The van der Waals surface area contributed by atoms with E-state index in [1.807, 2.05) is 0 Å². The monoisotopic (exact) mass is 426 g/mol. The number of ether oxygens (including phenoxy) is 4. The minimum absolute atomic E-state index is 0.0139. The first kappa shape index (κ1) is 22.0. The van der Waals surface area contributed by atoms with E-state index in [0.29, 0.717) is 22.4 Å². The van der Waals surface area contributed by atoms with E-state index in [2.05, 4.69) is 0 Å². The molecule has 2 aromatic rings. The molecule has 1 heterocycles. The lowest BCUT2D eigenvalue weighted by Gasteiger charge is -2.30. The van der Waals surface area contributed by atoms with Crippen molar-refractivity contribution in [3.05, 3.63) is 46.5 Å². The Labute approximate surface area is 179 Å². The Kier molecular flexibility index (Phi) is 6.10. The zero-order valence-electron chi connectivity index (χ0n) is 17.9. The third-order valence-electron chi connectivity index (χ3n) is 4.73. The van der Waals surface area contributed by atoms with Crippen molar-refractivity contribution in [2.45, 2.75) is 47.1 Å². The Bertz CT molecular complexity index is 1080. The van der Waals surface area contributed by atoms with E-state index in [1.54, 1.807) is 38.1 Å². The Morgan fingerprint density at radius 1 is 0.839 bits per heavy atom. The highest BCUT2D eigenvalue weighted by Gasteiger charge is 2.36. The minimum Gasteiger partial charge on any atom is -0.484 e. The average molecular weight is 426 g/mol. The summed E-state index contributed by atoms with van der Waals surface area (Å²) in [6.07, 6.45) is -0.608. The Morgan fingerprint density at radius 3 is 1.94 bits per heavy atom. The summed E-state index contributed by atoms with van der Waals surface area (Å²) in [4.78, 5) is 47.4. The quantitative estimate of drug-likeness (QED) is 0.537. The SMILES string of the molecule is CC(=O)Oc1ccc([C@@H]2CC(=O)c3c(OC(C)=O)c(C)c(OC(C)=O)c(C)c3O2)cc1. The number of carbonyl (C=O) groups is 4. The van der Waals surface area contributed by atoms with Crippen LogP contribution in [-0.4, -0.2) is 23.7 Å². The molecule has 0 radical (unpaired) electrons. The summed E-state index contributed by atoms with van der Waals surface area (Å²) >= 11 is 0. The number of ketones is 1. The molecule has 0 spiro atoms. The molecule has 0 amide bonds. The van der Waals surface area contributed by atoms with Crippen molar-refractivity contribution in [1.82, 2.24) is 0 Å². The number of benzene rings is 2. The van der Waals surface area contributed by atoms with Crippen molar-refractivity contribution in [1.29, 1.82) is 0 Å². The second-order valence-electron chi connectivity index (χ2n) is 7.20. The summed E-state index contributed by atoms with van der Waals surface area (Å²) in [5.74, 6) is -1.10. The summed E-state index contributed by atoms with van der Waals surface area (Å²) in [6.45, 7) is 7.06. The molecule has 8 nitrogen and oxygen atoms in total. The molecule has 0 unspecified atom stereocenters. The largest absolute Gasteiger partial charge is 0.484 e. The van der Waals surface area contributed by atoms with Gasteiger partial charge in [0, 0.05) is 31.9 Å². The van der Waals surface area contributed by atoms with Crippen molar-refractivity contribution in [3.8, 4) is 23.0 Å². The van der Waals surface area contributed by atoms with Gasteiger partial charge in [0.25, 0.3) is 0 Å². The van der Waals surface area contributed by atoms with Gasteiger partial charge in [-0.15, -0.1) is 0 Å². The predicted molar refractivity (Wildman–Crippen MR) is 109 cm³/mol. The highest BCUT2D eigenvalue weighted by Crippen LogP contribution is 2.48. The van der Waals surface area contributed by atoms with Gasteiger partial charge in [0.2, 0.25) is 0 Å². The zero-order chi connectivity index (χ0) is 22.9. The summed E-state index contributed by atoms with van der Waals surface area (Å²) in [5.41, 5.74) is 1.66. The molecule has 162 valence electrons. The maximum atomic E-state index is 13.1. The van der Waals surface area contributed by atoms with Crippen LogP contribution in [0.15, 0.2) is 24.3 Å². The number of hydrogen-bond donors (Lipinski definition) is 0. The number of hydrogen-bond acceptors (Lipinski definition) is 8. The fourth-order valence-corrected chi connectivity index (χ4v) is 3.49. The molecule has 8 heteroatoms. The fraction of sp³-hybridized carbons (Fsp3) is 0.304. The summed E-state index contributed by atoms with van der Waals surface area (Å²) in [7, 11) is 0. The number of esters is 3. The first-order valence-electron chi connectivity index (χ1n) is 9.60. The number of fused-ring (bicyclic) bond motifs is 1. The van der Waals surface area contributed by atoms with E-state index in [9.17, 15) is 19.2 Å². The Morgan fingerprint density at radius 2 is 1.39 bits per heavy atom. The molecular formula is C23H22O8. The van der Waals surface area contributed by atoms with Crippen molar-refractivity contribution < 1.29 is 38.1 Å². The Hall–Kier alpha value is -3.68. The van der Waals surface area contributed by atoms with Gasteiger partial charge in [-0.3, -0.25) is 19.2 Å². The maximum Gasteiger partial charge on any atom is 0.308 e. The number of rotatable bonds is 4. The van der Waals surface area contributed by atoms with Crippen LogP contribution in [0.3, 0.4) is 0 Å². The smallest absolute Gasteiger partial charge is 0.308 e. The molecule has 2 aromatic carbocycles. The third-order valence-corrected chi connectivity index (χ3v) is 4.73. The second kappa shape index (κ2) is 8.59. The summed E-state index contributed by atoms with van der Waals surface area (Å²) < 4.78 is 21.8. The van der Waals surface area contributed by atoms with Crippen LogP contribution in [0.25, 0.3) is 0 Å². The molecule has 0 aromatic heterocycles. The van der Waals surface area contributed by atoms with E-state index < -0.39 is 24.0 Å². The van der Waals surface area contributed by atoms with Crippen molar-refractivity contribution in [2.75, 3.05) is 0 Å². The van der Waals surface area contributed by atoms with Gasteiger partial charge in [-0.1, -0.05) is 12.1 Å². The highest BCUT2D eigenvalue weighted by atomic mass is 16.6. The molecule has 0 saturated heterocycles. The van der Waals surface area contributed by atoms with Gasteiger partial charge in [0.1, 0.15) is 28.9 Å². The van der Waals surface area contributed by atoms with Gasteiger partial charge in [-0.2, -0.15) is 0 Å². The third kappa shape index (κ3) is 4.58. The minimum atomic E-state index is -0.622. The molecule has 0 aliphatic carbocycles. The molecule has 0 N–H and O–H groups in total. The van der Waals surface area contributed by atoms with Crippen LogP contribution in [0.5, 0.6) is 23.0 Å². The predicted octanol–water partition coefficient (Wildman–Crippen LogP) is 3.79. The molecule has 3 rings (SSSR count). The van der Waals surface area contributed by atoms with E-state index in [-0.39, 0.29) is 35.0 Å². The highest BCUT2D eigenvalue weighted by molar-refractivity contribution is 6.04. The van der Waals surface area contributed by atoms with Gasteiger partial charge in [-0.25, -0.2) is 0 Å². The van der Waals surface area contributed by atoms with Crippen LogP contribution in [-0.2, 0) is 14.4 Å². The lowest BCUT2D eigenvalue weighted by Crippen LogP contribution is -2.24. The van der Waals surface area contributed by atoms with Crippen LogP contribution in [0.2, 0.25) is 0 Å². The molecule has 31 heavy (non-hydrogen) atoms. The molecule has 1 atom stereocenters. The van der Waals surface area contributed by atoms with Crippen LogP contribution < -0.4 is 18.9 Å². The second-order valence-corrected chi connectivity index (χ2v) is 7.20. The van der Waals surface area contributed by atoms with E-state index in [4.69, 9.17) is 18.9 Å². The first-order valence-corrected chi connectivity index (χ1v) is 9.60. The lowest BCUT2D eigenvalue weighted by molar-refractivity contribution is -0.133. The van der Waals surface area contributed by atoms with Crippen molar-refractivity contribution in [3.63, 3.8) is 0 Å². The van der Waals surface area contributed by atoms with E-state index in [1.165, 1.54) is 20.8 Å². The van der Waals surface area contributed by atoms with Crippen molar-refractivity contribution in [2.24, 2.45) is 0 Å². The average Bonchev–Trinajstić information content (AvgIpc) is 2.68. The summed E-state index contributed by atoms with van der Waals surface area (Å²) in [6, 6.07) is 6.61. The van der Waals surface area contributed by atoms with Crippen LogP contribution in [0.4, 0.5) is 0 Å². The normalized spacial score (nSPS) is 14.9. The van der Waals surface area contributed by atoms with Crippen LogP contribution in [0, 0.1) is 13.8 Å². The number of carbonyl (C=O) groups excluding carboxylic acids is 4. The fourth-order valence-electron chi connectivity index (χ4n) is 3.49. The zero-order valence-corrected chi connectivity index (χ0v) is 17.9. The number of Topliss-reactive ketones (excluding diaryl/α,β-unsaturated/α-hetero) is 1. The van der Waals surface area contributed by atoms with Gasteiger partial charge in [-0.05, 0) is 31.5 Å². The van der Waals surface area contributed by atoms with Gasteiger partial charge in [0.15, 0.2) is 11.5 Å². The molecule has 0 bridgehead atoms. The van der Waals surface area contributed by atoms with Crippen molar-refractivity contribution >= 4 is 23.7 Å². The van der Waals surface area contributed by atoms with Gasteiger partial charge < -0.3 is 18.9 Å². The topological polar surface area (TPSA) is 105 Å². The van der Waals surface area contributed by atoms with Gasteiger partial charge >= 0.3 is 17.9 Å². The van der Waals surface area contributed by atoms with Gasteiger partial charge in [0.05, 0.1) is 6.42 Å². The lowest BCUT2D eigenvalue weighted by atomic mass is 9.91. The van der Waals surface area contributed by atoms with Crippen LogP contribution >= 0.6 is 0 Å². The Balaban J connectivity index is 2.07. The molecule has 0 fully saturated rings. The molecular weight excluding hydrogens is 404 g/mol. The maximum absolute atomic E-state index is 13.1. The summed E-state index contributed by atoms with van der Waals surface area (Å²) in [5, 5.41) is 0. The molecule has 0 saturated carbocycles. The van der Waals surface area contributed by atoms with Crippen LogP contribution in [0.1, 0.15) is 60.3 Å². The van der Waals surface area contributed by atoms with E-state index in [0.717, 1.165) is 0 Å². The van der Waals surface area contributed by atoms with E-state index >= 15 is 0 Å².